The summed E-state index contributed by atoms with van der Waals surface area (Å²) in [6.07, 6.45) is 4.95. The van der Waals surface area contributed by atoms with Gasteiger partial charge in [-0.05, 0) is 49.3 Å². The van der Waals surface area contributed by atoms with Gasteiger partial charge in [0, 0.05) is 37.0 Å². The highest BCUT2D eigenvalue weighted by Crippen LogP contribution is 2.39. The van der Waals surface area contributed by atoms with Gasteiger partial charge in [-0.2, -0.15) is 0 Å². The summed E-state index contributed by atoms with van der Waals surface area (Å²) in [5.41, 5.74) is 6.98. The summed E-state index contributed by atoms with van der Waals surface area (Å²) in [4.78, 5) is 19.9. The van der Waals surface area contributed by atoms with E-state index in [4.69, 9.17) is 10.5 Å². The van der Waals surface area contributed by atoms with E-state index in [0.29, 0.717) is 18.2 Å². The second-order valence-corrected chi connectivity index (χ2v) is 10.0. The number of nitrogens with two attached hydrogens (primary N) is 1. The van der Waals surface area contributed by atoms with Crippen molar-refractivity contribution in [2.75, 3.05) is 30.4 Å². The van der Waals surface area contributed by atoms with Crippen molar-refractivity contribution in [3.8, 4) is 16.9 Å². The van der Waals surface area contributed by atoms with E-state index >= 15 is 4.39 Å². The van der Waals surface area contributed by atoms with Gasteiger partial charge >= 0.3 is 0 Å². The van der Waals surface area contributed by atoms with Crippen molar-refractivity contribution in [2.24, 2.45) is 11.7 Å². The number of methoxy groups -OCH3 is 1. The largest absolute Gasteiger partial charge is 0.497 e. The quantitative estimate of drug-likeness (QED) is 0.347. The van der Waals surface area contributed by atoms with Crippen LogP contribution >= 0.6 is 24.8 Å². The van der Waals surface area contributed by atoms with Crippen molar-refractivity contribution in [1.29, 1.82) is 0 Å². The molecule has 5 rings (SSSR count). The molecule has 2 atom stereocenters. The van der Waals surface area contributed by atoms with Gasteiger partial charge < -0.3 is 20.7 Å². The SMILES string of the molecule is COc1cc(F)c(-c2c(F)ccc(C(=O)Nc3cnc4c(c3N3C[C@H](C)C[C@H](N)C3)CCC4)c2F)c(F)c1.Cl.Cl. The standard InChI is InChI=1S/C28H28F4N4O2.2ClH/c1-14-8-15(33)13-36(12-14)27-17-4-3-5-22(17)34-11-23(27)35-28(37)18-6-7-19(29)25(26(18)32)24-20(30)9-16(38-2)10-21(24)31;;/h6-7,9-11,14-15H,3-5,8,12-13,33H2,1-2H3,(H,35,37);2*1H/t14-,15+;;/m1../s1. The second-order valence-electron chi connectivity index (χ2n) is 10.0. The molecule has 0 spiro atoms. The third-order valence-electron chi connectivity index (χ3n) is 7.17. The maximum absolute atomic E-state index is 15.6. The molecule has 0 unspecified atom stereocenters. The first-order chi connectivity index (χ1) is 18.2. The molecular weight excluding hydrogens is 571 g/mol. The summed E-state index contributed by atoms with van der Waals surface area (Å²) in [5.74, 6) is -5.75. The Labute approximate surface area is 242 Å². The first-order valence-electron chi connectivity index (χ1n) is 12.5. The van der Waals surface area contributed by atoms with Gasteiger partial charge in [0.15, 0.2) is 0 Å². The third-order valence-corrected chi connectivity index (χ3v) is 7.17. The zero-order valence-corrected chi connectivity index (χ0v) is 23.5. The fourth-order valence-corrected chi connectivity index (χ4v) is 5.58. The first kappa shape index (κ1) is 31.4. The van der Waals surface area contributed by atoms with Gasteiger partial charge in [0.25, 0.3) is 5.91 Å². The second kappa shape index (κ2) is 12.6. The predicted octanol–water partition coefficient (Wildman–Crippen LogP) is 6.07. The molecule has 0 radical (unpaired) electrons. The molecule has 0 bridgehead atoms. The number of carbonyl (C=O) groups excluding carboxylic acids is 1. The summed E-state index contributed by atoms with van der Waals surface area (Å²) in [5, 5.41) is 2.72. The van der Waals surface area contributed by atoms with Crippen LogP contribution in [-0.4, -0.2) is 37.1 Å². The summed E-state index contributed by atoms with van der Waals surface area (Å²) in [6, 6.07) is 3.35. The topological polar surface area (TPSA) is 80.5 Å². The van der Waals surface area contributed by atoms with E-state index in [2.05, 4.69) is 22.1 Å². The van der Waals surface area contributed by atoms with E-state index in [0.717, 1.165) is 73.4 Å². The lowest BCUT2D eigenvalue weighted by atomic mass is 9.95. The Hall–Kier alpha value is -3.08. The molecule has 2 heterocycles. The summed E-state index contributed by atoms with van der Waals surface area (Å²) in [6.45, 7) is 3.44. The number of benzene rings is 2. The Morgan fingerprint density at radius 3 is 2.40 bits per heavy atom. The minimum atomic E-state index is -1.38. The van der Waals surface area contributed by atoms with E-state index in [9.17, 15) is 18.0 Å². The molecule has 1 aliphatic heterocycles. The van der Waals surface area contributed by atoms with Crippen LogP contribution in [0.25, 0.3) is 11.1 Å². The van der Waals surface area contributed by atoms with Crippen LogP contribution in [0.2, 0.25) is 0 Å². The van der Waals surface area contributed by atoms with Crippen molar-refractivity contribution in [2.45, 2.75) is 38.6 Å². The van der Waals surface area contributed by atoms with E-state index < -0.39 is 45.9 Å². The number of nitrogens with one attached hydrogen (secondary N) is 1. The average molecular weight is 601 g/mol. The predicted molar refractivity (Wildman–Crippen MR) is 151 cm³/mol. The number of hydrogen-bond donors (Lipinski definition) is 2. The minimum Gasteiger partial charge on any atom is -0.497 e. The summed E-state index contributed by atoms with van der Waals surface area (Å²) < 4.78 is 64.5. The monoisotopic (exact) mass is 600 g/mol. The Bertz CT molecular complexity index is 1390. The lowest BCUT2D eigenvalue weighted by Gasteiger charge is -2.38. The Morgan fingerprint density at radius 1 is 1.05 bits per heavy atom. The summed E-state index contributed by atoms with van der Waals surface area (Å²) >= 11 is 0. The molecule has 216 valence electrons. The van der Waals surface area contributed by atoms with E-state index in [1.54, 1.807) is 0 Å². The molecule has 1 saturated heterocycles. The van der Waals surface area contributed by atoms with E-state index in [-0.39, 0.29) is 36.6 Å². The number of anilines is 2. The molecule has 1 aromatic heterocycles. The number of aryl methyl sites for hydroxylation is 1. The zero-order valence-electron chi connectivity index (χ0n) is 21.9. The number of fused-ring (bicyclic) bond motifs is 1. The zero-order chi connectivity index (χ0) is 27.1. The smallest absolute Gasteiger partial charge is 0.258 e. The van der Waals surface area contributed by atoms with Crippen molar-refractivity contribution >= 4 is 42.1 Å². The average Bonchev–Trinajstić information content (AvgIpc) is 3.33. The van der Waals surface area contributed by atoms with Crippen LogP contribution in [0.15, 0.2) is 30.5 Å². The van der Waals surface area contributed by atoms with Gasteiger partial charge in [-0.1, -0.05) is 6.92 Å². The van der Waals surface area contributed by atoms with Crippen LogP contribution < -0.4 is 20.7 Å². The maximum atomic E-state index is 15.6. The van der Waals surface area contributed by atoms with Crippen LogP contribution in [0.1, 0.15) is 41.4 Å². The molecular formula is C28H30Cl2F4N4O2. The van der Waals surface area contributed by atoms with Crippen molar-refractivity contribution < 1.29 is 27.1 Å². The highest BCUT2D eigenvalue weighted by Gasteiger charge is 2.31. The van der Waals surface area contributed by atoms with Crippen LogP contribution in [0, 0.1) is 29.2 Å². The number of piperidine rings is 1. The molecule has 1 amide bonds. The van der Waals surface area contributed by atoms with Crippen LogP contribution in [-0.2, 0) is 12.8 Å². The fourth-order valence-electron chi connectivity index (χ4n) is 5.58. The number of pyridine rings is 1. The van der Waals surface area contributed by atoms with E-state index in [1.807, 2.05) is 0 Å². The normalized spacial score (nSPS) is 17.9. The highest BCUT2D eigenvalue weighted by molar-refractivity contribution is 6.07. The number of rotatable bonds is 5. The van der Waals surface area contributed by atoms with Crippen LogP contribution in [0.4, 0.5) is 28.9 Å². The fraction of sp³-hybridized carbons (Fsp3) is 0.357. The molecule has 40 heavy (non-hydrogen) atoms. The first-order valence-corrected chi connectivity index (χ1v) is 12.5. The third kappa shape index (κ3) is 5.84. The maximum Gasteiger partial charge on any atom is 0.258 e. The number of aromatic nitrogens is 1. The Morgan fingerprint density at radius 2 is 1.75 bits per heavy atom. The van der Waals surface area contributed by atoms with Gasteiger partial charge in [0.2, 0.25) is 0 Å². The molecule has 1 aliphatic carbocycles. The van der Waals surface area contributed by atoms with Crippen molar-refractivity contribution in [1.82, 2.24) is 4.98 Å². The lowest BCUT2D eigenvalue weighted by molar-refractivity contribution is 0.102. The number of nitrogens with zero attached hydrogens (tertiary/aromatic N) is 2. The van der Waals surface area contributed by atoms with Gasteiger partial charge in [-0.3, -0.25) is 9.78 Å². The Balaban J connectivity index is 0.00000220. The molecule has 1 fully saturated rings. The Kier molecular flexibility index (Phi) is 9.92. The van der Waals surface area contributed by atoms with Crippen molar-refractivity contribution in [3.63, 3.8) is 0 Å². The van der Waals surface area contributed by atoms with Crippen LogP contribution in [0.5, 0.6) is 5.75 Å². The molecule has 2 aromatic carbocycles. The van der Waals surface area contributed by atoms with Gasteiger partial charge in [-0.15, -0.1) is 24.8 Å². The molecule has 3 aromatic rings. The molecule has 3 N–H and O–H groups in total. The molecule has 6 nitrogen and oxygen atoms in total. The van der Waals surface area contributed by atoms with Crippen LogP contribution in [0.3, 0.4) is 0 Å². The van der Waals surface area contributed by atoms with Gasteiger partial charge in [0.05, 0.1) is 41.4 Å². The van der Waals surface area contributed by atoms with Gasteiger partial charge in [-0.25, -0.2) is 17.6 Å². The molecule has 2 aliphatic rings. The lowest BCUT2D eigenvalue weighted by Crippen LogP contribution is -2.47. The summed E-state index contributed by atoms with van der Waals surface area (Å²) in [7, 11) is 1.21. The molecule has 0 saturated carbocycles. The number of hydrogen-bond acceptors (Lipinski definition) is 5. The number of ether oxygens (including phenoxy) is 1. The van der Waals surface area contributed by atoms with E-state index in [1.165, 1.54) is 13.3 Å². The number of halogens is 6. The minimum absolute atomic E-state index is 0. The van der Waals surface area contributed by atoms with Crippen molar-refractivity contribution in [3.05, 3.63) is 70.6 Å². The number of carbonyl (C=O) groups is 1. The molecule has 12 heteroatoms. The van der Waals surface area contributed by atoms with Gasteiger partial charge in [0.1, 0.15) is 29.0 Å². The highest BCUT2D eigenvalue weighted by atomic mass is 35.5. The number of amides is 1.